The van der Waals surface area contributed by atoms with Crippen molar-refractivity contribution in [2.24, 2.45) is 5.92 Å². The van der Waals surface area contributed by atoms with Crippen molar-refractivity contribution in [2.45, 2.75) is 32.4 Å². The van der Waals surface area contributed by atoms with E-state index >= 15 is 0 Å². The van der Waals surface area contributed by atoms with Crippen molar-refractivity contribution in [3.63, 3.8) is 0 Å². The van der Waals surface area contributed by atoms with Gasteiger partial charge in [-0.05, 0) is 45.8 Å². The monoisotopic (exact) mass is 346 g/mol. The Morgan fingerprint density at radius 1 is 1.04 bits per heavy atom. The summed E-state index contributed by atoms with van der Waals surface area (Å²) in [5.41, 5.74) is 1.22. The first kappa shape index (κ1) is 18.5. The highest BCUT2D eigenvalue weighted by molar-refractivity contribution is 5.26. The lowest BCUT2D eigenvalue weighted by Crippen LogP contribution is -2.51. The average Bonchev–Trinajstić information content (AvgIpc) is 2.63. The lowest BCUT2D eigenvalue weighted by Gasteiger charge is -2.42. The van der Waals surface area contributed by atoms with Crippen LogP contribution in [0.4, 0.5) is 5.95 Å². The van der Waals surface area contributed by atoms with E-state index in [1.54, 1.807) is 0 Å². The molecule has 0 N–H and O–H groups in total. The maximum Gasteiger partial charge on any atom is 0.224 e. The van der Waals surface area contributed by atoms with Crippen molar-refractivity contribution in [3.05, 3.63) is 18.0 Å². The van der Waals surface area contributed by atoms with E-state index in [2.05, 4.69) is 38.6 Å². The molecule has 0 amide bonds. The third-order valence-electron chi connectivity index (χ3n) is 5.93. The molecule has 0 aliphatic carbocycles. The number of aromatic nitrogens is 2. The van der Waals surface area contributed by atoms with E-state index in [4.69, 9.17) is 0 Å². The van der Waals surface area contributed by atoms with Crippen molar-refractivity contribution in [1.29, 1.82) is 0 Å². The molecule has 1 atom stereocenters. The standard InChI is InChI=1S/C19H34N6/c1-16(25-11-9-23(4)10-12-25)18-5-7-24(8-6-18)15-17-13-20-19(21-14-17)22(2)3/h13-14,16,18H,5-12,15H2,1-4H3/t16-/m0/s1. The number of hydrogen-bond acceptors (Lipinski definition) is 6. The second kappa shape index (κ2) is 8.43. The van der Waals surface area contributed by atoms with Gasteiger partial charge in [0.1, 0.15) is 0 Å². The van der Waals surface area contributed by atoms with Crippen LogP contribution in [0.5, 0.6) is 0 Å². The molecule has 1 aromatic rings. The molecule has 3 heterocycles. The van der Waals surface area contributed by atoms with Gasteiger partial charge in [0.15, 0.2) is 0 Å². The largest absolute Gasteiger partial charge is 0.347 e. The van der Waals surface area contributed by atoms with Crippen LogP contribution in [-0.4, -0.2) is 91.1 Å². The van der Waals surface area contributed by atoms with Gasteiger partial charge in [-0.15, -0.1) is 0 Å². The highest BCUT2D eigenvalue weighted by Gasteiger charge is 2.29. The fraction of sp³-hybridized carbons (Fsp3) is 0.789. The lowest BCUT2D eigenvalue weighted by molar-refractivity contribution is 0.0598. The highest BCUT2D eigenvalue weighted by Crippen LogP contribution is 2.25. The number of piperazine rings is 1. The molecule has 1 aromatic heterocycles. The number of nitrogens with zero attached hydrogens (tertiary/aromatic N) is 6. The summed E-state index contributed by atoms with van der Waals surface area (Å²) in [5.74, 6) is 1.62. The van der Waals surface area contributed by atoms with Gasteiger partial charge in [-0.2, -0.15) is 0 Å². The van der Waals surface area contributed by atoms with Gasteiger partial charge < -0.3 is 9.80 Å². The summed E-state index contributed by atoms with van der Waals surface area (Å²) in [7, 11) is 6.18. The second-order valence-electron chi connectivity index (χ2n) is 7.98. The van der Waals surface area contributed by atoms with Gasteiger partial charge in [-0.3, -0.25) is 9.80 Å². The van der Waals surface area contributed by atoms with Crippen LogP contribution < -0.4 is 4.90 Å². The van der Waals surface area contributed by atoms with Gasteiger partial charge in [-0.1, -0.05) is 0 Å². The van der Waals surface area contributed by atoms with E-state index in [-0.39, 0.29) is 0 Å². The van der Waals surface area contributed by atoms with Crippen LogP contribution in [-0.2, 0) is 6.54 Å². The molecule has 2 saturated heterocycles. The first-order valence-electron chi connectivity index (χ1n) is 9.66. The molecule has 0 bridgehead atoms. The zero-order chi connectivity index (χ0) is 17.8. The van der Waals surface area contributed by atoms with Crippen LogP contribution in [0.15, 0.2) is 12.4 Å². The summed E-state index contributed by atoms with van der Waals surface area (Å²) in [4.78, 5) is 18.5. The number of hydrogen-bond donors (Lipinski definition) is 0. The quantitative estimate of drug-likeness (QED) is 0.802. The molecule has 25 heavy (non-hydrogen) atoms. The SMILES string of the molecule is C[C@@H](C1CCN(Cc2cnc(N(C)C)nc2)CC1)N1CCN(C)CC1. The van der Waals surface area contributed by atoms with Gasteiger partial charge in [0, 0.05) is 70.8 Å². The van der Waals surface area contributed by atoms with Gasteiger partial charge in [0.2, 0.25) is 5.95 Å². The Bertz CT molecular complexity index is 515. The number of piperidine rings is 1. The summed E-state index contributed by atoms with van der Waals surface area (Å²) in [6.07, 6.45) is 6.57. The Labute approximate surface area is 152 Å². The smallest absolute Gasteiger partial charge is 0.224 e. The Balaban J connectivity index is 1.45. The van der Waals surface area contributed by atoms with Crippen molar-refractivity contribution in [2.75, 3.05) is 65.3 Å². The molecule has 3 rings (SSSR count). The number of anilines is 1. The van der Waals surface area contributed by atoms with E-state index in [0.717, 1.165) is 24.5 Å². The fourth-order valence-electron chi connectivity index (χ4n) is 4.04. The van der Waals surface area contributed by atoms with Crippen molar-refractivity contribution >= 4 is 5.95 Å². The average molecular weight is 347 g/mol. The van der Waals surface area contributed by atoms with E-state index in [0.29, 0.717) is 0 Å². The fourth-order valence-corrected chi connectivity index (χ4v) is 4.04. The van der Waals surface area contributed by atoms with Crippen LogP contribution >= 0.6 is 0 Å². The summed E-state index contributed by atoms with van der Waals surface area (Å²) < 4.78 is 0. The van der Waals surface area contributed by atoms with Crippen LogP contribution in [0, 0.1) is 5.92 Å². The minimum atomic E-state index is 0.721. The van der Waals surface area contributed by atoms with E-state index in [9.17, 15) is 0 Å². The minimum Gasteiger partial charge on any atom is -0.347 e. The predicted molar refractivity (Wildman–Crippen MR) is 103 cm³/mol. The van der Waals surface area contributed by atoms with Crippen molar-refractivity contribution < 1.29 is 0 Å². The molecule has 0 spiro atoms. The topological polar surface area (TPSA) is 38.7 Å². The molecule has 0 aromatic carbocycles. The first-order chi connectivity index (χ1) is 12.0. The zero-order valence-corrected chi connectivity index (χ0v) is 16.4. The van der Waals surface area contributed by atoms with E-state index < -0.39 is 0 Å². The molecular formula is C19H34N6. The molecule has 0 unspecified atom stereocenters. The molecule has 140 valence electrons. The van der Waals surface area contributed by atoms with Gasteiger partial charge >= 0.3 is 0 Å². The van der Waals surface area contributed by atoms with Crippen LogP contribution in [0.3, 0.4) is 0 Å². The predicted octanol–water partition coefficient (Wildman–Crippen LogP) is 1.39. The van der Waals surface area contributed by atoms with Crippen molar-refractivity contribution in [3.8, 4) is 0 Å². The molecule has 0 saturated carbocycles. The first-order valence-corrected chi connectivity index (χ1v) is 9.66. The van der Waals surface area contributed by atoms with Crippen molar-refractivity contribution in [1.82, 2.24) is 24.7 Å². The Morgan fingerprint density at radius 3 is 2.20 bits per heavy atom. The van der Waals surface area contributed by atoms with Crippen LogP contribution in [0.2, 0.25) is 0 Å². The highest BCUT2D eigenvalue weighted by atomic mass is 15.3. The summed E-state index contributed by atoms with van der Waals surface area (Å²) in [5, 5.41) is 0. The van der Waals surface area contributed by atoms with Gasteiger partial charge in [0.25, 0.3) is 0 Å². The van der Waals surface area contributed by atoms with Crippen LogP contribution in [0.1, 0.15) is 25.3 Å². The Hall–Kier alpha value is -1.24. The Morgan fingerprint density at radius 2 is 1.64 bits per heavy atom. The maximum absolute atomic E-state index is 4.43. The molecule has 0 radical (unpaired) electrons. The molecule has 2 aliphatic rings. The molecule has 6 heteroatoms. The number of likely N-dealkylation sites (tertiary alicyclic amines) is 1. The second-order valence-corrected chi connectivity index (χ2v) is 7.98. The molecule has 2 aliphatic heterocycles. The van der Waals surface area contributed by atoms with Gasteiger partial charge in [-0.25, -0.2) is 9.97 Å². The summed E-state index contributed by atoms with van der Waals surface area (Å²) >= 11 is 0. The Kier molecular flexibility index (Phi) is 6.25. The normalized spacial score (nSPS) is 22.9. The number of likely N-dealkylation sites (N-methyl/N-ethyl adjacent to an activating group) is 1. The number of rotatable bonds is 5. The summed E-state index contributed by atoms with van der Waals surface area (Å²) in [6.45, 7) is 10.7. The molecule has 2 fully saturated rings. The van der Waals surface area contributed by atoms with Gasteiger partial charge in [0.05, 0.1) is 0 Å². The third-order valence-corrected chi connectivity index (χ3v) is 5.93. The molecule has 6 nitrogen and oxygen atoms in total. The molecular weight excluding hydrogens is 312 g/mol. The summed E-state index contributed by atoms with van der Waals surface area (Å²) in [6, 6.07) is 0.721. The zero-order valence-electron chi connectivity index (χ0n) is 16.4. The van der Waals surface area contributed by atoms with E-state index in [1.807, 2.05) is 31.4 Å². The third kappa shape index (κ3) is 4.90. The van der Waals surface area contributed by atoms with Crippen LogP contribution in [0.25, 0.3) is 0 Å². The maximum atomic E-state index is 4.43. The van der Waals surface area contributed by atoms with E-state index in [1.165, 1.54) is 57.7 Å². The minimum absolute atomic E-state index is 0.721. The lowest BCUT2D eigenvalue weighted by atomic mass is 9.89.